The van der Waals surface area contributed by atoms with Gasteiger partial charge in [-0.25, -0.2) is 4.98 Å². The van der Waals surface area contributed by atoms with E-state index in [1.807, 2.05) is 0 Å². The van der Waals surface area contributed by atoms with Gasteiger partial charge in [-0.2, -0.15) is 0 Å². The number of nitro benzene ring substituents is 1. The van der Waals surface area contributed by atoms with E-state index in [9.17, 15) is 10.1 Å². The van der Waals surface area contributed by atoms with E-state index in [-0.39, 0.29) is 11.4 Å². The molecule has 1 N–H and O–H groups in total. The molecule has 0 aliphatic rings. The number of para-hydroxylation sites is 1. The minimum atomic E-state index is -0.440. The van der Waals surface area contributed by atoms with Crippen LogP contribution in [0, 0.1) is 17.0 Å². The van der Waals surface area contributed by atoms with E-state index in [1.165, 1.54) is 0 Å². The number of anilines is 1. The number of aromatic nitrogens is 1. The van der Waals surface area contributed by atoms with E-state index in [1.54, 1.807) is 50.5 Å². The van der Waals surface area contributed by atoms with Gasteiger partial charge in [0.05, 0.1) is 4.92 Å². The van der Waals surface area contributed by atoms with Crippen molar-refractivity contribution in [2.45, 2.75) is 6.92 Å². The minimum Gasteiger partial charge on any atom is -0.450 e. The molecule has 6 heteroatoms. The summed E-state index contributed by atoms with van der Waals surface area (Å²) in [6.07, 6.45) is 1.57. The largest absolute Gasteiger partial charge is 0.450 e. The average molecular weight is 259 g/mol. The Bertz CT molecular complexity index is 614. The maximum absolute atomic E-state index is 11.1. The molecule has 0 spiro atoms. The second-order valence-electron chi connectivity index (χ2n) is 3.91. The number of nitro groups is 1. The Morgan fingerprint density at radius 2 is 2.16 bits per heavy atom. The lowest BCUT2D eigenvalue weighted by atomic mass is 10.2. The zero-order valence-electron chi connectivity index (χ0n) is 10.6. The fourth-order valence-corrected chi connectivity index (χ4v) is 1.69. The van der Waals surface area contributed by atoms with Gasteiger partial charge < -0.3 is 10.1 Å². The highest BCUT2D eigenvalue weighted by Crippen LogP contribution is 2.34. The molecule has 0 saturated carbocycles. The van der Waals surface area contributed by atoms with Gasteiger partial charge in [0.2, 0.25) is 5.75 Å². The van der Waals surface area contributed by atoms with Gasteiger partial charge in [-0.3, -0.25) is 10.1 Å². The molecule has 0 amide bonds. The Balaban J connectivity index is 2.38. The van der Waals surface area contributed by atoms with Crippen molar-refractivity contribution in [2.24, 2.45) is 0 Å². The van der Waals surface area contributed by atoms with Crippen molar-refractivity contribution in [3.63, 3.8) is 0 Å². The molecule has 0 fully saturated rings. The first-order valence-corrected chi connectivity index (χ1v) is 5.67. The van der Waals surface area contributed by atoms with Crippen LogP contribution in [-0.4, -0.2) is 17.0 Å². The standard InChI is InChI=1S/C13H13N3O3/c1-9-4-3-5-11(13(9)16(17)18)19-10-6-7-15-12(8-10)14-2/h3-8H,1-2H3,(H,14,15). The van der Waals surface area contributed by atoms with E-state index >= 15 is 0 Å². The molecule has 1 aromatic heterocycles. The molecule has 19 heavy (non-hydrogen) atoms. The zero-order valence-corrected chi connectivity index (χ0v) is 10.6. The minimum absolute atomic E-state index is 0.0229. The Morgan fingerprint density at radius 1 is 1.37 bits per heavy atom. The normalized spacial score (nSPS) is 10.0. The third kappa shape index (κ3) is 2.79. The van der Waals surface area contributed by atoms with Crippen molar-refractivity contribution >= 4 is 11.5 Å². The summed E-state index contributed by atoms with van der Waals surface area (Å²) < 4.78 is 5.57. The second kappa shape index (κ2) is 5.34. The van der Waals surface area contributed by atoms with Gasteiger partial charge in [0, 0.05) is 24.9 Å². The number of pyridine rings is 1. The van der Waals surface area contributed by atoms with Crippen LogP contribution in [0.5, 0.6) is 11.5 Å². The number of benzene rings is 1. The van der Waals surface area contributed by atoms with E-state index in [0.717, 1.165) is 0 Å². The number of rotatable bonds is 4. The van der Waals surface area contributed by atoms with Crippen molar-refractivity contribution in [1.29, 1.82) is 0 Å². The van der Waals surface area contributed by atoms with E-state index < -0.39 is 4.92 Å². The van der Waals surface area contributed by atoms with Crippen LogP contribution >= 0.6 is 0 Å². The van der Waals surface area contributed by atoms with Gasteiger partial charge in [-0.15, -0.1) is 0 Å². The average Bonchev–Trinajstić information content (AvgIpc) is 2.38. The number of aryl methyl sites for hydroxylation is 1. The van der Waals surface area contributed by atoms with Crippen molar-refractivity contribution in [1.82, 2.24) is 4.98 Å². The molecule has 0 saturated heterocycles. The molecule has 0 aliphatic heterocycles. The van der Waals surface area contributed by atoms with Crippen LogP contribution in [-0.2, 0) is 0 Å². The number of nitrogens with one attached hydrogen (secondary N) is 1. The molecule has 1 heterocycles. The summed E-state index contributed by atoms with van der Waals surface area (Å²) in [6, 6.07) is 8.29. The number of ether oxygens (including phenoxy) is 1. The van der Waals surface area contributed by atoms with Gasteiger partial charge in [0.25, 0.3) is 0 Å². The van der Waals surface area contributed by atoms with E-state index in [0.29, 0.717) is 17.1 Å². The van der Waals surface area contributed by atoms with Crippen LogP contribution in [0.25, 0.3) is 0 Å². The quantitative estimate of drug-likeness (QED) is 0.674. The Hall–Kier alpha value is -2.63. The highest BCUT2D eigenvalue weighted by atomic mass is 16.6. The Labute approximate surface area is 110 Å². The lowest BCUT2D eigenvalue weighted by Gasteiger charge is -2.08. The predicted molar refractivity (Wildman–Crippen MR) is 71.7 cm³/mol. The third-order valence-electron chi connectivity index (χ3n) is 2.60. The molecule has 0 aliphatic carbocycles. The Kier molecular flexibility index (Phi) is 3.61. The fourth-order valence-electron chi connectivity index (χ4n) is 1.69. The molecule has 0 unspecified atom stereocenters. The van der Waals surface area contributed by atoms with Gasteiger partial charge in [0.1, 0.15) is 11.6 Å². The highest BCUT2D eigenvalue weighted by Gasteiger charge is 2.18. The second-order valence-corrected chi connectivity index (χ2v) is 3.91. The zero-order chi connectivity index (χ0) is 13.8. The summed E-state index contributed by atoms with van der Waals surface area (Å²) in [5.41, 5.74) is 0.538. The molecule has 0 atom stereocenters. The van der Waals surface area contributed by atoms with Crippen LogP contribution in [0.2, 0.25) is 0 Å². The van der Waals surface area contributed by atoms with Crippen molar-refractivity contribution in [3.8, 4) is 11.5 Å². The Morgan fingerprint density at radius 3 is 2.84 bits per heavy atom. The van der Waals surface area contributed by atoms with E-state index in [4.69, 9.17) is 4.74 Å². The SMILES string of the molecule is CNc1cc(Oc2cccc(C)c2[N+](=O)[O-])ccn1. The van der Waals surface area contributed by atoms with Crippen LogP contribution in [0.4, 0.5) is 11.5 Å². The van der Waals surface area contributed by atoms with Crippen LogP contribution in [0.3, 0.4) is 0 Å². The number of nitrogens with zero attached hydrogens (tertiary/aromatic N) is 2. The predicted octanol–water partition coefficient (Wildman–Crippen LogP) is 3.13. The fraction of sp³-hybridized carbons (Fsp3) is 0.154. The first-order valence-electron chi connectivity index (χ1n) is 5.67. The molecule has 6 nitrogen and oxygen atoms in total. The molecule has 0 bridgehead atoms. The van der Waals surface area contributed by atoms with E-state index in [2.05, 4.69) is 10.3 Å². The maximum atomic E-state index is 11.1. The first kappa shape index (κ1) is 12.8. The van der Waals surface area contributed by atoms with Crippen molar-refractivity contribution in [3.05, 3.63) is 52.2 Å². The van der Waals surface area contributed by atoms with Gasteiger partial charge in [-0.05, 0) is 19.1 Å². The number of hydrogen-bond acceptors (Lipinski definition) is 5. The molecule has 2 aromatic rings. The van der Waals surface area contributed by atoms with Crippen LogP contribution in [0.15, 0.2) is 36.5 Å². The summed E-state index contributed by atoms with van der Waals surface area (Å²) in [5, 5.41) is 13.9. The summed E-state index contributed by atoms with van der Waals surface area (Å²) in [7, 11) is 1.74. The summed E-state index contributed by atoms with van der Waals surface area (Å²) in [4.78, 5) is 14.7. The molecule has 1 aromatic carbocycles. The lowest BCUT2D eigenvalue weighted by molar-refractivity contribution is -0.386. The summed E-state index contributed by atoms with van der Waals surface area (Å²) >= 11 is 0. The smallest absolute Gasteiger partial charge is 0.314 e. The third-order valence-corrected chi connectivity index (χ3v) is 2.60. The van der Waals surface area contributed by atoms with Crippen LogP contribution < -0.4 is 10.1 Å². The molecular formula is C13H13N3O3. The van der Waals surface area contributed by atoms with Gasteiger partial charge in [0.15, 0.2) is 0 Å². The summed E-state index contributed by atoms with van der Waals surface area (Å²) in [5.74, 6) is 1.35. The first-order chi connectivity index (χ1) is 9.11. The molecule has 2 rings (SSSR count). The monoisotopic (exact) mass is 259 g/mol. The summed E-state index contributed by atoms with van der Waals surface area (Å²) in [6.45, 7) is 1.68. The lowest BCUT2D eigenvalue weighted by Crippen LogP contribution is -1.97. The molecule has 0 radical (unpaired) electrons. The topological polar surface area (TPSA) is 77.3 Å². The van der Waals surface area contributed by atoms with Crippen molar-refractivity contribution in [2.75, 3.05) is 12.4 Å². The van der Waals surface area contributed by atoms with Crippen LogP contribution in [0.1, 0.15) is 5.56 Å². The highest BCUT2D eigenvalue weighted by molar-refractivity contribution is 5.54. The molecule has 98 valence electrons. The number of hydrogen-bond donors (Lipinski definition) is 1. The van der Waals surface area contributed by atoms with Gasteiger partial charge in [-0.1, -0.05) is 12.1 Å². The molecular weight excluding hydrogens is 246 g/mol. The van der Waals surface area contributed by atoms with Crippen molar-refractivity contribution < 1.29 is 9.66 Å². The van der Waals surface area contributed by atoms with Gasteiger partial charge >= 0.3 is 5.69 Å². The maximum Gasteiger partial charge on any atom is 0.314 e.